The van der Waals surface area contributed by atoms with E-state index in [9.17, 15) is 14.7 Å². The molecule has 0 amide bonds. The molecular weight excluding hydrogens is 434 g/mol. The maximum atomic E-state index is 13.5. The van der Waals surface area contributed by atoms with Gasteiger partial charge in [-0.05, 0) is 48.5 Å². The topological polar surface area (TPSA) is 72.4 Å². The highest BCUT2D eigenvalue weighted by molar-refractivity contribution is 7.99. The summed E-state index contributed by atoms with van der Waals surface area (Å²) in [7, 11) is 0. The molecule has 5 nitrogen and oxygen atoms in total. The van der Waals surface area contributed by atoms with Crippen LogP contribution >= 0.6 is 23.4 Å². The molecule has 31 heavy (non-hydrogen) atoms. The molecule has 3 aromatic carbocycles. The van der Waals surface area contributed by atoms with Gasteiger partial charge in [-0.2, -0.15) is 0 Å². The van der Waals surface area contributed by atoms with Crippen molar-refractivity contribution in [1.29, 1.82) is 0 Å². The first kappa shape index (κ1) is 19.5. The second kappa shape index (κ2) is 7.65. The van der Waals surface area contributed by atoms with E-state index in [1.165, 1.54) is 4.57 Å². The smallest absolute Gasteiger partial charge is 0.354 e. The lowest BCUT2D eigenvalue weighted by atomic mass is 10.1. The van der Waals surface area contributed by atoms with Crippen LogP contribution < -0.4 is 11.2 Å². The molecule has 2 aromatic heterocycles. The molecule has 0 fully saturated rings. The molecule has 7 heteroatoms. The third kappa shape index (κ3) is 3.30. The first-order valence-corrected chi connectivity index (χ1v) is 10.6. The zero-order valence-corrected chi connectivity index (χ0v) is 17.5. The number of nitrogens with zero attached hydrogens (tertiary/aromatic N) is 1. The Morgan fingerprint density at radius 3 is 2.29 bits per heavy atom. The standard InChI is InChI=1S/C24H14ClNO4S/c25-14-10-12-16(13-11-14)31-22-20(27)19-21(30-24(22)29)17-8-4-5-9-18(17)26(23(19)28)15-6-2-1-3-7-15/h1-13,27H. The number of aromatic hydroxyl groups is 1. The van der Waals surface area contributed by atoms with Crippen LogP contribution in [0.4, 0.5) is 0 Å². The number of aromatic nitrogens is 1. The number of rotatable bonds is 3. The molecule has 2 heterocycles. The van der Waals surface area contributed by atoms with Gasteiger partial charge in [0.25, 0.3) is 5.56 Å². The minimum absolute atomic E-state index is 0.0429. The molecule has 5 rings (SSSR count). The summed E-state index contributed by atoms with van der Waals surface area (Å²) in [5.41, 5.74) is 0.0942. The highest BCUT2D eigenvalue weighted by Gasteiger charge is 2.22. The summed E-state index contributed by atoms with van der Waals surface area (Å²) in [6.07, 6.45) is 0. The molecule has 0 radical (unpaired) electrons. The minimum atomic E-state index is -0.716. The third-order valence-corrected chi connectivity index (χ3v) is 6.24. The van der Waals surface area contributed by atoms with E-state index in [-0.39, 0.29) is 15.9 Å². The second-order valence-corrected chi connectivity index (χ2v) is 8.34. The van der Waals surface area contributed by atoms with Gasteiger partial charge in [0, 0.05) is 21.0 Å². The van der Waals surface area contributed by atoms with Gasteiger partial charge < -0.3 is 9.52 Å². The average molecular weight is 448 g/mol. The molecule has 0 bridgehead atoms. The van der Waals surface area contributed by atoms with E-state index in [2.05, 4.69) is 0 Å². The fraction of sp³-hybridized carbons (Fsp3) is 0. The zero-order chi connectivity index (χ0) is 21.5. The number of halogens is 1. The van der Waals surface area contributed by atoms with E-state index < -0.39 is 16.9 Å². The molecule has 0 aliphatic rings. The van der Waals surface area contributed by atoms with Crippen molar-refractivity contribution in [3.63, 3.8) is 0 Å². The molecule has 0 aliphatic heterocycles. The maximum Gasteiger partial charge on any atom is 0.354 e. The number of hydrogen-bond acceptors (Lipinski definition) is 5. The van der Waals surface area contributed by atoms with Crippen molar-refractivity contribution in [2.24, 2.45) is 0 Å². The lowest BCUT2D eigenvalue weighted by Gasteiger charge is -2.14. The number of para-hydroxylation sites is 2. The van der Waals surface area contributed by atoms with Crippen molar-refractivity contribution in [2.45, 2.75) is 9.79 Å². The van der Waals surface area contributed by atoms with E-state index in [4.69, 9.17) is 16.0 Å². The maximum absolute atomic E-state index is 13.5. The average Bonchev–Trinajstić information content (AvgIpc) is 2.78. The van der Waals surface area contributed by atoms with Crippen LogP contribution in [0.25, 0.3) is 27.6 Å². The van der Waals surface area contributed by atoms with Crippen molar-refractivity contribution in [3.05, 3.63) is 105 Å². The van der Waals surface area contributed by atoms with Gasteiger partial charge in [-0.3, -0.25) is 9.36 Å². The fourth-order valence-corrected chi connectivity index (χ4v) is 4.48. The third-order valence-electron chi connectivity index (χ3n) is 4.91. The summed E-state index contributed by atoms with van der Waals surface area (Å²) in [6.45, 7) is 0. The first-order chi connectivity index (χ1) is 15.0. The molecule has 1 N–H and O–H groups in total. The second-order valence-electron chi connectivity index (χ2n) is 6.82. The molecule has 0 atom stereocenters. The molecule has 152 valence electrons. The van der Waals surface area contributed by atoms with Gasteiger partial charge in [0.15, 0.2) is 11.3 Å². The molecule has 5 aromatic rings. The molecule has 0 aliphatic carbocycles. The Kier molecular flexibility index (Phi) is 4.81. The minimum Gasteiger partial charge on any atom is -0.505 e. The van der Waals surface area contributed by atoms with Crippen LogP contribution in [0.1, 0.15) is 0 Å². The van der Waals surface area contributed by atoms with E-state index in [1.807, 2.05) is 18.2 Å². The SMILES string of the molecule is O=c1oc2c(c(O)c1Sc1ccc(Cl)cc1)c(=O)n(-c1ccccc1)c1ccccc21. The Balaban J connectivity index is 1.86. The van der Waals surface area contributed by atoms with Crippen molar-refractivity contribution < 1.29 is 9.52 Å². The normalized spacial score (nSPS) is 11.3. The predicted octanol–water partition coefficient (Wildman–Crippen LogP) is 5.61. The van der Waals surface area contributed by atoms with Gasteiger partial charge >= 0.3 is 5.63 Å². The van der Waals surface area contributed by atoms with Gasteiger partial charge in [-0.1, -0.05) is 53.7 Å². The summed E-state index contributed by atoms with van der Waals surface area (Å²) in [5.74, 6) is -0.397. The lowest BCUT2D eigenvalue weighted by Crippen LogP contribution is -2.20. The van der Waals surface area contributed by atoms with Crippen LogP contribution in [-0.2, 0) is 0 Å². The molecule has 0 unspecified atom stereocenters. The van der Waals surface area contributed by atoms with Gasteiger partial charge in [-0.15, -0.1) is 0 Å². The lowest BCUT2D eigenvalue weighted by molar-refractivity contribution is 0.447. The largest absolute Gasteiger partial charge is 0.505 e. The van der Waals surface area contributed by atoms with Gasteiger partial charge in [-0.25, -0.2) is 4.79 Å². The number of fused-ring (bicyclic) bond motifs is 3. The van der Waals surface area contributed by atoms with Crippen LogP contribution in [0.3, 0.4) is 0 Å². The van der Waals surface area contributed by atoms with Crippen molar-refractivity contribution in [3.8, 4) is 11.4 Å². The van der Waals surface area contributed by atoms with Crippen LogP contribution in [0.15, 0.2) is 103 Å². The van der Waals surface area contributed by atoms with E-state index in [1.54, 1.807) is 60.7 Å². The van der Waals surface area contributed by atoms with Crippen LogP contribution in [0, 0.1) is 0 Å². The van der Waals surface area contributed by atoms with Crippen LogP contribution in [0.5, 0.6) is 5.75 Å². The van der Waals surface area contributed by atoms with Gasteiger partial charge in [0.2, 0.25) is 0 Å². The Labute approximate surface area is 185 Å². The zero-order valence-electron chi connectivity index (χ0n) is 15.9. The fourth-order valence-electron chi connectivity index (χ4n) is 3.52. The summed E-state index contributed by atoms with van der Waals surface area (Å²) in [5, 5.41) is 12.1. The molecule has 0 spiro atoms. The molecule has 0 saturated carbocycles. The highest BCUT2D eigenvalue weighted by Crippen LogP contribution is 2.37. The van der Waals surface area contributed by atoms with Crippen molar-refractivity contribution >= 4 is 45.2 Å². The van der Waals surface area contributed by atoms with Crippen LogP contribution in [0.2, 0.25) is 5.02 Å². The van der Waals surface area contributed by atoms with E-state index >= 15 is 0 Å². The Morgan fingerprint density at radius 2 is 1.55 bits per heavy atom. The number of benzene rings is 3. The number of pyridine rings is 1. The molecular formula is C24H14ClNO4S. The number of hydrogen-bond donors (Lipinski definition) is 1. The first-order valence-electron chi connectivity index (χ1n) is 9.37. The van der Waals surface area contributed by atoms with E-state index in [0.717, 1.165) is 11.8 Å². The monoisotopic (exact) mass is 447 g/mol. The predicted molar refractivity (Wildman–Crippen MR) is 123 cm³/mol. The van der Waals surface area contributed by atoms with Crippen LogP contribution in [-0.4, -0.2) is 9.67 Å². The Hall–Kier alpha value is -3.48. The Bertz CT molecular complexity index is 1560. The quantitative estimate of drug-likeness (QED) is 0.364. The Morgan fingerprint density at radius 1 is 0.871 bits per heavy atom. The summed E-state index contributed by atoms with van der Waals surface area (Å²) < 4.78 is 7.09. The van der Waals surface area contributed by atoms with Gasteiger partial charge in [0.1, 0.15) is 10.3 Å². The van der Waals surface area contributed by atoms with E-state index in [0.29, 0.717) is 26.5 Å². The molecule has 0 saturated heterocycles. The van der Waals surface area contributed by atoms with Gasteiger partial charge in [0.05, 0.1) is 5.52 Å². The highest BCUT2D eigenvalue weighted by atomic mass is 35.5. The summed E-state index contributed by atoms with van der Waals surface area (Å²) >= 11 is 6.94. The van der Waals surface area contributed by atoms with Crippen molar-refractivity contribution in [2.75, 3.05) is 0 Å². The summed E-state index contributed by atoms with van der Waals surface area (Å²) in [4.78, 5) is 26.9. The summed E-state index contributed by atoms with van der Waals surface area (Å²) in [6, 6.07) is 23.0. The van der Waals surface area contributed by atoms with Crippen molar-refractivity contribution in [1.82, 2.24) is 4.57 Å².